The maximum absolute atomic E-state index is 11.5. The molecule has 2 N–H and O–H groups in total. The van der Waals surface area contributed by atoms with Gasteiger partial charge < -0.3 is 15.2 Å². The average molecular weight is 447 g/mol. The van der Waals surface area contributed by atoms with E-state index in [4.69, 9.17) is 14.8 Å². The molecular formula is C26H30N4O3. The number of aliphatic carboxylic acids is 1. The van der Waals surface area contributed by atoms with Crippen molar-refractivity contribution in [2.24, 2.45) is 0 Å². The molecule has 33 heavy (non-hydrogen) atoms. The summed E-state index contributed by atoms with van der Waals surface area (Å²) in [6.07, 6.45) is 7.97. The largest absolute Gasteiger partial charge is 0.493 e. The molecule has 2 aliphatic heterocycles. The van der Waals surface area contributed by atoms with Crippen LogP contribution in [0.1, 0.15) is 53.3 Å². The van der Waals surface area contributed by atoms with Crippen molar-refractivity contribution in [1.29, 1.82) is 0 Å². The van der Waals surface area contributed by atoms with E-state index in [2.05, 4.69) is 23.5 Å². The number of ether oxygens (including phenoxy) is 1. The zero-order valence-corrected chi connectivity index (χ0v) is 18.8. The number of rotatable bonds is 9. The van der Waals surface area contributed by atoms with Crippen molar-refractivity contribution in [3.8, 4) is 5.75 Å². The maximum atomic E-state index is 11.5. The minimum absolute atomic E-state index is 0.0615. The Bertz CT molecular complexity index is 1140. The Morgan fingerprint density at radius 2 is 2.00 bits per heavy atom. The summed E-state index contributed by atoms with van der Waals surface area (Å²) >= 11 is 0. The van der Waals surface area contributed by atoms with Crippen molar-refractivity contribution in [1.82, 2.24) is 14.8 Å². The molecule has 3 aromatic rings. The molecular weight excluding hydrogens is 416 g/mol. The second kappa shape index (κ2) is 9.65. The van der Waals surface area contributed by atoms with Gasteiger partial charge in [0.05, 0.1) is 18.7 Å². The van der Waals surface area contributed by atoms with Gasteiger partial charge in [-0.25, -0.2) is 4.98 Å². The van der Waals surface area contributed by atoms with Crippen LogP contribution in [0.25, 0.3) is 0 Å². The first-order chi connectivity index (χ1) is 16.1. The van der Waals surface area contributed by atoms with Crippen molar-refractivity contribution in [3.63, 3.8) is 0 Å². The number of anilines is 1. The third-order valence-electron chi connectivity index (χ3n) is 6.53. The summed E-state index contributed by atoms with van der Waals surface area (Å²) in [5, 5.41) is 17.6. The Morgan fingerprint density at radius 3 is 2.91 bits per heavy atom. The molecule has 5 rings (SSSR count). The minimum Gasteiger partial charge on any atom is -0.493 e. The summed E-state index contributed by atoms with van der Waals surface area (Å²) < 4.78 is 7.55. The first-order valence-corrected chi connectivity index (χ1v) is 11.9. The third kappa shape index (κ3) is 5.18. The standard InChI is InChI=1S/C26H30N4O3/c31-25(32)16-21(20-7-6-18-11-14-33-24(18)15-20)17-30-13-10-23(29-30)5-1-4-22-9-8-19-3-2-12-27-26(19)28-22/h6-10,13,15,21H,1-5,11-12,14,16-17H2,(H,27,28)(H,31,32). The van der Waals surface area contributed by atoms with Crippen LogP contribution in [-0.2, 0) is 37.0 Å². The van der Waals surface area contributed by atoms with Crippen molar-refractivity contribution in [3.05, 3.63) is 70.7 Å². The fourth-order valence-electron chi connectivity index (χ4n) is 4.76. The molecule has 172 valence electrons. The highest BCUT2D eigenvalue weighted by molar-refractivity contribution is 5.68. The number of aromatic nitrogens is 3. The lowest BCUT2D eigenvalue weighted by Gasteiger charge is -2.17. The molecule has 0 fully saturated rings. The second-order valence-electron chi connectivity index (χ2n) is 8.98. The Kier molecular flexibility index (Phi) is 6.28. The first kappa shape index (κ1) is 21.5. The minimum atomic E-state index is -0.805. The number of benzene rings is 1. The van der Waals surface area contributed by atoms with Gasteiger partial charge >= 0.3 is 5.97 Å². The summed E-state index contributed by atoms with van der Waals surface area (Å²) in [6, 6.07) is 12.5. The molecule has 4 heterocycles. The fraction of sp³-hybridized carbons (Fsp3) is 0.423. The summed E-state index contributed by atoms with van der Waals surface area (Å²) in [5.41, 5.74) is 5.63. The van der Waals surface area contributed by atoms with Gasteiger partial charge in [-0.3, -0.25) is 9.48 Å². The van der Waals surface area contributed by atoms with Gasteiger partial charge in [0.15, 0.2) is 0 Å². The Morgan fingerprint density at radius 1 is 1.12 bits per heavy atom. The topological polar surface area (TPSA) is 89.3 Å². The van der Waals surface area contributed by atoms with Crippen LogP contribution in [0.3, 0.4) is 0 Å². The van der Waals surface area contributed by atoms with Crippen molar-refractivity contribution in [2.45, 2.75) is 57.4 Å². The van der Waals surface area contributed by atoms with Crippen LogP contribution in [0.4, 0.5) is 5.82 Å². The van der Waals surface area contributed by atoms with Crippen LogP contribution in [0.2, 0.25) is 0 Å². The molecule has 0 radical (unpaired) electrons. The molecule has 0 aliphatic carbocycles. The van der Waals surface area contributed by atoms with Gasteiger partial charge in [-0.05, 0) is 67.0 Å². The summed E-state index contributed by atoms with van der Waals surface area (Å²) in [4.78, 5) is 16.3. The molecule has 1 atom stereocenters. The lowest BCUT2D eigenvalue weighted by molar-refractivity contribution is -0.137. The van der Waals surface area contributed by atoms with E-state index in [1.807, 2.05) is 29.1 Å². The van der Waals surface area contributed by atoms with E-state index in [9.17, 15) is 9.90 Å². The molecule has 0 amide bonds. The molecule has 2 aromatic heterocycles. The fourth-order valence-corrected chi connectivity index (χ4v) is 4.76. The zero-order chi connectivity index (χ0) is 22.6. The first-order valence-electron chi connectivity index (χ1n) is 11.9. The van der Waals surface area contributed by atoms with Crippen molar-refractivity contribution >= 4 is 11.8 Å². The highest BCUT2D eigenvalue weighted by atomic mass is 16.5. The van der Waals surface area contributed by atoms with E-state index >= 15 is 0 Å². The molecule has 7 nitrogen and oxygen atoms in total. The molecule has 0 spiro atoms. The van der Waals surface area contributed by atoms with Gasteiger partial charge in [0.1, 0.15) is 11.6 Å². The number of hydrogen-bond donors (Lipinski definition) is 2. The van der Waals surface area contributed by atoms with Crippen LogP contribution in [0.5, 0.6) is 5.75 Å². The van der Waals surface area contributed by atoms with Crippen LogP contribution < -0.4 is 10.1 Å². The summed E-state index contributed by atoms with van der Waals surface area (Å²) in [7, 11) is 0. The number of fused-ring (bicyclic) bond motifs is 2. The van der Waals surface area contributed by atoms with Crippen molar-refractivity contribution in [2.75, 3.05) is 18.5 Å². The zero-order valence-electron chi connectivity index (χ0n) is 18.8. The molecule has 0 saturated heterocycles. The van der Waals surface area contributed by atoms with E-state index in [0.29, 0.717) is 13.2 Å². The van der Waals surface area contributed by atoms with Gasteiger partial charge in [-0.1, -0.05) is 18.2 Å². The number of hydrogen-bond acceptors (Lipinski definition) is 5. The lowest BCUT2D eigenvalue weighted by atomic mass is 9.94. The quantitative estimate of drug-likeness (QED) is 0.516. The second-order valence-corrected chi connectivity index (χ2v) is 8.98. The maximum Gasteiger partial charge on any atom is 0.304 e. The smallest absolute Gasteiger partial charge is 0.304 e. The number of nitrogens with one attached hydrogen (secondary N) is 1. The van der Waals surface area contributed by atoms with E-state index in [0.717, 1.165) is 67.2 Å². The number of carboxylic acids is 1. The number of nitrogens with zero attached hydrogens (tertiary/aromatic N) is 3. The van der Waals surface area contributed by atoms with Gasteiger partial charge in [0.2, 0.25) is 0 Å². The predicted molar refractivity (Wildman–Crippen MR) is 126 cm³/mol. The predicted octanol–water partition coefficient (Wildman–Crippen LogP) is 4.00. The summed E-state index contributed by atoms with van der Waals surface area (Å²) in [5.74, 6) is 0.970. The molecule has 2 aliphatic rings. The van der Waals surface area contributed by atoms with Crippen LogP contribution in [0, 0.1) is 0 Å². The number of carbonyl (C=O) groups is 1. The van der Waals surface area contributed by atoms with Crippen LogP contribution >= 0.6 is 0 Å². The Balaban J connectivity index is 1.19. The SMILES string of the molecule is O=C(O)CC(Cn1ccc(CCCc2ccc3c(n2)NCCC3)n1)c1ccc2c(c1)OCC2. The molecule has 0 bridgehead atoms. The highest BCUT2D eigenvalue weighted by Gasteiger charge is 2.20. The molecule has 1 aromatic carbocycles. The highest BCUT2D eigenvalue weighted by Crippen LogP contribution is 2.31. The van der Waals surface area contributed by atoms with E-state index in [-0.39, 0.29) is 12.3 Å². The van der Waals surface area contributed by atoms with Crippen LogP contribution in [-0.4, -0.2) is 39.0 Å². The monoisotopic (exact) mass is 446 g/mol. The normalized spacial score (nSPS) is 15.3. The summed E-state index contributed by atoms with van der Waals surface area (Å²) in [6.45, 7) is 2.23. The Hall–Kier alpha value is -3.35. The van der Waals surface area contributed by atoms with E-state index in [1.54, 1.807) is 0 Å². The number of carboxylic acid groups (broad SMARTS) is 1. The number of pyridine rings is 1. The Labute approximate surface area is 193 Å². The van der Waals surface area contributed by atoms with E-state index in [1.165, 1.54) is 17.5 Å². The molecule has 7 heteroatoms. The average Bonchev–Trinajstić information content (AvgIpc) is 3.47. The van der Waals surface area contributed by atoms with Gasteiger partial charge in [-0.2, -0.15) is 5.10 Å². The van der Waals surface area contributed by atoms with Gasteiger partial charge in [0.25, 0.3) is 0 Å². The van der Waals surface area contributed by atoms with Gasteiger partial charge in [-0.15, -0.1) is 0 Å². The van der Waals surface area contributed by atoms with E-state index < -0.39 is 5.97 Å². The van der Waals surface area contributed by atoms with Crippen LogP contribution in [0.15, 0.2) is 42.6 Å². The molecule has 0 saturated carbocycles. The third-order valence-corrected chi connectivity index (χ3v) is 6.53. The lowest BCUT2D eigenvalue weighted by Crippen LogP contribution is -2.14. The molecule has 1 unspecified atom stereocenters. The van der Waals surface area contributed by atoms with Crippen molar-refractivity contribution < 1.29 is 14.6 Å². The van der Waals surface area contributed by atoms with Gasteiger partial charge in [0, 0.05) is 37.3 Å². The number of aryl methyl sites for hydroxylation is 3.